The Hall–Kier alpha value is -2.67. The van der Waals surface area contributed by atoms with E-state index in [2.05, 4.69) is 15.5 Å². The van der Waals surface area contributed by atoms with Crippen LogP contribution in [0.25, 0.3) is 0 Å². The Kier molecular flexibility index (Phi) is 3.97. The topological polar surface area (TPSA) is 87.3 Å². The van der Waals surface area contributed by atoms with Gasteiger partial charge in [0.05, 0.1) is 11.7 Å². The van der Waals surface area contributed by atoms with Crippen molar-refractivity contribution in [1.29, 1.82) is 0 Å². The summed E-state index contributed by atoms with van der Waals surface area (Å²) >= 11 is 0. The van der Waals surface area contributed by atoms with E-state index >= 15 is 0 Å². The average Bonchev–Trinajstić information content (AvgIpc) is 3.46. The fourth-order valence-electron chi connectivity index (χ4n) is 4.06. The van der Waals surface area contributed by atoms with E-state index in [9.17, 15) is 9.59 Å². The number of carbonyl (C=O) groups excluding carboxylic acids is 2. The van der Waals surface area contributed by atoms with E-state index < -0.39 is 12.1 Å². The van der Waals surface area contributed by atoms with Gasteiger partial charge in [0, 0.05) is 36.7 Å². The molecule has 2 N–H and O–H groups in total. The van der Waals surface area contributed by atoms with E-state index in [1.54, 1.807) is 0 Å². The van der Waals surface area contributed by atoms with Gasteiger partial charge in [-0.1, -0.05) is 30.3 Å². The van der Waals surface area contributed by atoms with Crippen molar-refractivity contribution >= 4 is 11.8 Å². The van der Waals surface area contributed by atoms with Gasteiger partial charge in [-0.2, -0.15) is 5.10 Å². The number of amides is 2. The molecule has 0 bridgehead atoms. The van der Waals surface area contributed by atoms with Crippen LogP contribution in [0, 0.1) is 0 Å². The van der Waals surface area contributed by atoms with Gasteiger partial charge in [-0.05, 0) is 18.4 Å². The quantitative estimate of drug-likeness (QED) is 0.860. The van der Waals surface area contributed by atoms with Crippen molar-refractivity contribution in [1.82, 2.24) is 20.4 Å². The summed E-state index contributed by atoms with van der Waals surface area (Å²) in [5, 5.41) is 10.6. The van der Waals surface area contributed by atoms with E-state index in [1.165, 1.54) is 18.4 Å². The first kappa shape index (κ1) is 16.5. The van der Waals surface area contributed by atoms with Crippen molar-refractivity contribution in [2.45, 2.75) is 43.9 Å². The molecule has 3 heterocycles. The van der Waals surface area contributed by atoms with Gasteiger partial charge in [-0.3, -0.25) is 14.7 Å². The zero-order valence-electron chi connectivity index (χ0n) is 15.0. The number of aromatic nitrogens is 2. The minimum absolute atomic E-state index is 0.0718. The minimum Gasteiger partial charge on any atom is -0.356 e. The van der Waals surface area contributed by atoms with E-state index in [1.807, 2.05) is 35.2 Å². The Morgan fingerprint density at radius 3 is 2.81 bits per heavy atom. The number of hydrogen-bond acceptors (Lipinski definition) is 4. The van der Waals surface area contributed by atoms with Crippen LogP contribution in [0.1, 0.15) is 47.3 Å². The van der Waals surface area contributed by atoms with Gasteiger partial charge in [-0.15, -0.1) is 0 Å². The van der Waals surface area contributed by atoms with Crippen molar-refractivity contribution in [2.24, 2.45) is 0 Å². The van der Waals surface area contributed by atoms with E-state index in [4.69, 9.17) is 4.74 Å². The first-order valence-corrected chi connectivity index (χ1v) is 9.51. The number of nitrogens with zero attached hydrogens (tertiary/aromatic N) is 2. The Bertz CT molecular complexity index is 875. The molecular weight excluding hydrogens is 344 g/mol. The highest BCUT2D eigenvalue weighted by Gasteiger charge is 2.40. The van der Waals surface area contributed by atoms with Crippen LogP contribution in [-0.2, 0) is 27.3 Å². The highest BCUT2D eigenvalue weighted by Crippen LogP contribution is 2.42. The molecule has 2 fully saturated rings. The standard InChI is InChI=1S/C20H22N4O3/c25-16-11-27-19(18(21-16)12-4-2-1-3-5-12)20(26)24-9-8-15-14(10-24)17(23-22-15)13-6-7-13/h1-5,13,18-19H,6-11H2,(H,21,25)(H,22,23)/t18-,19+/m1/s1. The van der Waals surface area contributed by atoms with Gasteiger partial charge in [0.2, 0.25) is 5.91 Å². The van der Waals surface area contributed by atoms with Crippen LogP contribution in [0.5, 0.6) is 0 Å². The molecule has 140 valence electrons. The summed E-state index contributed by atoms with van der Waals surface area (Å²) in [4.78, 5) is 27.0. The van der Waals surface area contributed by atoms with Gasteiger partial charge >= 0.3 is 0 Å². The number of fused-ring (bicyclic) bond motifs is 1. The predicted octanol–water partition coefficient (Wildman–Crippen LogP) is 1.43. The Morgan fingerprint density at radius 2 is 2.04 bits per heavy atom. The van der Waals surface area contributed by atoms with E-state index in [0.29, 0.717) is 19.0 Å². The second-order valence-corrected chi connectivity index (χ2v) is 7.54. The van der Waals surface area contributed by atoms with Crippen molar-refractivity contribution in [3.63, 3.8) is 0 Å². The average molecular weight is 366 g/mol. The number of benzene rings is 1. The van der Waals surface area contributed by atoms with Gasteiger partial charge in [-0.25, -0.2) is 0 Å². The third-order valence-electron chi connectivity index (χ3n) is 5.66. The number of rotatable bonds is 3. The lowest BCUT2D eigenvalue weighted by Crippen LogP contribution is -2.54. The smallest absolute Gasteiger partial charge is 0.254 e. The summed E-state index contributed by atoms with van der Waals surface area (Å²) in [5.41, 5.74) is 4.33. The summed E-state index contributed by atoms with van der Waals surface area (Å²) in [5.74, 6) is 0.277. The van der Waals surface area contributed by atoms with Crippen molar-refractivity contribution < 1.29 is 14.3 Å². The largest absolute Gasteiger partial charge is 0.356 e. The molecule has 2 atom stereocenters. The zero-order chi connectivity index (χ0) is 18.4. The van der Waals surface area contributed by atoms with Crippen LogP contribution in [0.15, 0.2) is 30.3 Å². The number of aromatic amines is 1. The molecule has 1 aliphatic carbocycles. The molecule has 1 saturated heterocycles. The summed E-state index contributed by atoms with van der Waals surface area (Å²) in [6, 6.07) is 9.08. The molecule has 7 nitrogen and oxygen atoms in total. The maximum absolute atomic E-state index is 13.3. The van der Waals surface area contributed by atoms with Crippen LogP contribution >= 0.6 is 0 Å². The number of H-pyrrole nitrogens is 1. The summed E-state index contributed by atoms with van der Waals surface area (Å²) in [6.45, 7) is 1.11. The Morgan fingerprint density at radius 1 is 1.22 bits per heavy atom. The first-order chi connectivity index (χ1) is 13.2. The highest BCUT2D eigenvalue weighted by atomic mass is 16.5. The summed E-state index contributed by atoms with van der Waals surface area (Å²) in [6.07, 6.45) is 2.43. The predicted molar refractivity (Wildman–Crippen MR) is 96.7 cm³/mol. The zero-order valence-corrected chi connectivity index (χ0v) is 15.0. The molecule has 7 heteroatoms. The van der Waals surface area contributed by atoms with E-state index in [-0.39, 0.29) is 18.4 Å². The number of morpholine rings is 1. The maximum Gasteiger partial charge on any atom is 0.254 e. The lowest BCUT2D eigenvalue weighted by atomic mass is 9.97. The summed E-state index contributed by atoms with van der Waals surface area (Å²) < 4.78 is 5.71. The van der Waals surface area contributed by atoms with Gasteiger partial charge in [0.25, 0.3) is 5.91 Å². The third-order valence-corrected chi connectivity index (χ3v) is 5.66. The monoisotopic (exact) mass is 366 g/mol. The maximum atomic E-state index is 13.3. The SMILES string of the molecule is O=C1CO[C@H](C(=O)N2CCc3[nH]nc(C4CC4)c3C2)[C@@H](c2ccccc2)N1. The molecule has 1 saturated carbocycles. The molecule has 3 aliphatic rings. The van der Waals surface area contributed by atoms with Crippen molar-refractivity contribution in [3.8, 4) is 0 Å². The van der Waals surface area contributed by atoms with Crippen LogP contribution < -0.4 is 5.32 Å². The number of hydrogen-bond donors (Lipinski definition) is 2. The van der Waals surface area contributed by atoms with E-state index in [0.717, 1.165) is 23.4 Å². The second-order valence-electron chi connectivity index (χ2n) is 7.54. The molecule has 2 aliphatic heterocycles. The summed E-state index contributed by atoms with van der Waals surface area (Å²) in [7, 11) is 0. The minimum atomic E-state index is -0.706. The first-order valence-electron chi connectivity index (χ1n) is 9.51. The van der Waals surface area contributed by atoms with Gasteiger partial charge < -0.3 is 15.0 Å². The lowest BCUT2D eigenvalue weighted by molar-refractivity contribution is -0.156. The molecule has 1 aromatic heterocycles. The highest BCUT2D eigenvalue weighted by molar-refractivity contribution is 5.86. The van der Waals surface area contributed by atoms with Gasteiger partial charge in [0.15, 0.2) is 6.10 Å². The Balaban J connectivity index is 1.39. The molecule has 1 aromatic carbocycles. The molecule has 0 radical (unpaired) electrons. The third kappa shape index (κ3) is 3.02. The lowest BCUT2D eigenvalue weighted by Gasteiger charge is -2.36. The van der Waals surface area contributed by atoms with Crippen molar-refractivity contribution in [2.75, 3.05) is 13.2 Å². The number of carbonyl (C=O) groups is 2. The molecule has 0 spiro atoms. The van der Waals surface area contributed by atoms with Crippen LogP contribution in [0.2, 0.25) is 0 Å². The molecular formula is C20H22N4O3. The molecule has 27 heavy (non-hydrogen) atoms. The molecule has 2 amide bonds. The van der Waals surface area contributed by atoms with Crippen LogP contribution in [0.4, 0.5) is 0 Å². The molecule has 5 rings (SSSR count). The fraction of sp³-hybridized carbons (Fsp3) is 0.450. The normalized spacial score (nSPS) is 25.0. The fourth-order valence-corrected chi connectivity index (χ4v) is 4.06. The van der Waals surface area contributed by atoms with Crippen LogP contribution in [0.3, 0.4) is 0 Å². The number of nitrogens with one attached hydrogen (secondary N) is 2. The van der Waals surface area contributed by atoms with Gasteiger partial charge in [0.1, 0.15) is 6.61 Å². The van der Waals surface area contributed by atoms with Crippen molar-refractivity contribution in [3.05, 3.63) is 52.8 Å². The second kappa shape index (κ2) is 6.49. The molecule has 0 unspecified atom stereocenters. The Labute approximate surface area is 157 Å². The number of ether oxygens (including phenoxy) is 1. The molecule has 2 aromatic rings. The van der Waals surface area contributed by atoms with Crippen LogP contribution in [-0.4, -0.2) is 46.2 Å².